The van der Waals surface area contributed by atoms with E-state index in [1.54, 1.807) is 11.8 Å². The number of carbonyl (C=O) groups is 1. The topological polar surface area (TPSA) is 56.1 Å². The minimum atomic E-state index is -0.178. The van der Waals surface area contributed by atoms with Crippen molar-refractivity contribution in [3.8, 4) is 11.4 Å². The van der Waals surface area contributed by atoms with Crippen LogP contribution in [0.2, 0.25) is 0 Å². The van der Waals surface area contributed by atoms with Gasteiger partial charge in [0.05, 0.1) is 18.8 Å². The van der Waals surface area contributed by atoms with E-state index in [2.05, 4.69) is 24.3 Å². The van der Waals surface area contributed by atoms with Crippen LogP contribution in [0.3, 0.4) is 0 Å². The number of nitrogens with zero attached hydrogens (tertiary/aromatic N) is 2. The second-order valence-corrected chi connectivity index (χ2v) is 6.89. The maximum absolute atomic E-state index is 12.8. The molecule has 3 aromatic rings. The molecule has 1 N–H and O–H groups in total. The van der Waals surface area contributed by atoms with Gasteiger partial charge in [-0.05, 0) is 48.7 Å². The highest BCUT2D eigenvalue weighted by atomic mass is 16.5. The third kappa shape index (κ3) is 4.19. The molecule has 0 saturated carbocycles. The van der Waals surface area contributed by atoms with Gasteiger partial charge in [0, 0.05) is 5.69 Å². The summed E-state index contributed by atoms with van der Waals surface area (Å²) in [5.41, 5.74) is 3.30. The molecule has 0 saturated heterocycles. The number of aromatic nitrogens is 2. The van der Waals surface area contributed by atoms with E-state index in [4.69, 9.17) is 4.74 Å². The lowest BCUT2D eigenvalue weighted by atomic mass is 9.96. The van der Waals surface area contributed by atoms with Crippen molar-refractivity contribution in [3.63, 3.8) is 0 Å². The molecule has 0 aliphatic rings. The molecule has 0 spiro atoms. The van der Waals surface area contributed by atoms with Crippen molar-refractivity contribution in [3.05, 3.63) is 77.6 Å². The molecule has 5 nitrogen and oxygen atoms in total. The van der Waals surface area contributed by atoms with E-state index in [0.717, 1.165) is 22.7 Å². The molecule has 0 aliphatic carbocycles. The molecular weight excluding hydrogens is 338 g/mol. The normalized spacial score (nSPS) is 12.0. The van der Waals surface area contributed by atoms with Gasteiger partial charge in [-0.1, -0.05) is 44.2 Å². The highest BCUT2D eigenvalue weighted by Gasteiger charge is 2.21. The highest BCUT2D eigenvalue weighted by molar-refractivity contribution is 5.92. The fourth-order valence-corrected chi connectivity index (χ4v) is 3.08. The van der Waals surface area contributed by atoms with E-state index < -0.39 is 0 Å². The maximum atomic E-state index is 12.8. The first-order valence-electron chi connectivity index (χ1n) is 9.06. The standard InChI is InChI=1S/C22H25N3O2/c1-15(2)21(17-10-12-19(27-4)13-11-17)23-22(26)20-14-16(3)25(24-20)18-8-6-5-7-9-18/h5-15,21H,1-4H3,(H,23,26). The molecule has 0 bridgehead atoms. The summed E-state index contributed by atoms with van der Waals surface area (Å²) in [6.07, 6.45) is 0. The van der Waals surface area contributed by atoms with Crippen molar-refractivity contribution >= 4 is 5.91 Å². The Bertz CT molecular complexity index is 899. The summed E-state index contributed by atoms with van der Waals surface area (Å²) < 4.78 is 7.00. The van der Waals surface area contributed by atoms with Gasteiger partial charge in [0.15, 0.2) is 5.69 Å². The fourth-order valence-electron chi connectivity index (χ4n) is 3.08. The van der Waals surface area contributed by atoms with Crippen LogP contribution in [0.15, 0.2) is 60.7 Å². The van der Waals surface area contributed by atoms with Gasteiger partial charge < -0.3 is 10.1 Å². The summed E-state index contributed by atoms with van der Waals surface area (Å²) in [4.78, 5) is 12.8. The summed E-state index contributed by atoms with van der Waals surface area (Å²) in [6, 6.07) is 19.3. The van der Waals surface area contributed by atoms with Crippen LogP contribution in [0.25, 0.3) is 5.69 Å². The SMILES string of the molecule is COc1ccc(C(NC(=O)c2cc(C)n(-c3ccccc3)n2)C(C)C)cc1. The van der Waals surface area contributed by atoms with Crippen molar-refractivity contribution in [1.29, 1.82) is 0 Å². The van der Waals surface area contributed by atoms with Gasteiger partial charge in [0.1, 0.15) is 5.75 Å². The molecule has 0 fully saturated rings. The first-order valence-corrected chi connectivity index (χ1v) is 9.06. The monoisotopic (exact) mass is 363 g/mol. The molecule has 0 aliphatic heterocycles. The quantitative estimate of drug-likeness (QED) is 0.710. The average molecular weight is 363 g/mol. The highest BCUT2D eigenvalue weighted by Crippen LogP contribution is 2.24. The van der Waals surface area contributed by atoms with Crippen LogP contribution < -0.4 is 10.1 Å². The Morgan fingerprint density at radius 2 is 1.74 bits per heavy atom. The van der Waals surface area contributed by atoms with Gasteiger partial charge in [-0.3, -0.25) is 4.79 Å². The minimum Gasteiger partial charge on any atom is -0.497 e. The zero-order valence-electron chi connectivity index (χ0n) is 16.1. The number of aryl methyl sites for hydroxylation is 1. The van der Waals surface area contributed by atoms with Crippen molar-refractivity contribution in [2.24, 2.45) is 5.92 Å². The summed E-state index contributed by atoms with van der Waals surface area (Å²) in [5.74, 6) is 0.853. The Labute approximate surface area is 160 Å². The van der Waals surface area contributed by atoms with Crippen LogP contribution >= 0.6 is 0 Å². The average Bonchev–Trinajstić information content (AvgIpc) is 3.08. The predicted molar refractivity (Wildman–Crippen MR) is 106 cm³/mol. The smallest absolute Gasteiger partial charge is 0.272 e. The van der Waals surface area contributed by atoms with Crippen molar-refractivity contribution in [2.45, 2.75) is 26.8 Å². The van der Waals surface area contributed by atoms with E-state index >= 15 is 0 Å². The first kappa shape index (κ1) is 18.7. The third-order valence-corrected chi connectivity index (χ3v) is 4.55. The molecule has 2 aromatic carbocycles. The van der Waals surface area contributed by atoms with Gasteiger partial charge in [0.2, 0.25) is 0 Å². The van der Waals surface area contributed by atoms with Crippen molar-refractivity contribution < 1.29 is 9.53 Å². The Morgan fingerprint density at radius 1 is 1.07 bits per heavy atom. The minimum absolute atomic E-state index is 0.106. The number of methoxy groups -OCH3 is 1. The summed E-state index contributed by atoms with van der Waals surface area (Å²) in [6.45, 7) is 6.12. The van der Waals surface area contributed by atoms with E-state index in [-0.39, 0.29) is 17.9 Å². The number of hydrogen-bond acceptors (Lipinski definition) is 3. The van der Waals surface area contributed by atoms with E-state index in [9.17, 15) is 4.79 Å². The lowest BCUT2D eigenvalue weighted by molar-refractivity contribution is 0.0920. The molecule has 1 amide bonds. The van der Waals surface area contributed by atoms with Crippen molar-refractivity contribution in [1.82, 2.24) is 15.1 Å². The van der Waals surface area contributed by atoms with Crippen LogP contribution in [-0.4, -0.2) is 22.8 Å². The Morgan fingerprint density at radius 3 is 2.33 bits per heavy atom. The largest absolute Gasteiger partial charge is 0.497 e. The molecule has 27 heavy (non-hydrogen) atoms. The number of ether oxygens (including phenoxy) is 1. The van der Waals surface area contributed by atoms with Gasteiger partial charge in [-0.25, -0.2) is 4.68 Å². The molecule has 3 rings (SSSR count). The van der Waals surface area contributed by atoms with Crippen LogP contribution in [0.4, 0.5) is 0 Å². The molecule has 1 unspecified atom stereocenters. The second kappa shape index (κ2) is 8.08. The predicted octanol–water partition coefficient (Wildman–Crippen LogP) is 4.32. The van der Waals surface area contributed by atoms with Crippen LogP contribution in [-0.2, 0) is 0 Å². The Hall–Kier alpha value is -3.08. The van der Waals surface area contributed by atoms with Crippen LogP contribution in [0, 0.1) is 12.8 Å². The Balaban J connectivity index is 1.82. The Kier molecular flexibility index (Phi) is 5.60. The van der Waals surface area contributed by atoms with Gasteiger partial charge >= 0.3 is 0 Å². The zero-order chi connectivity index (χ0) is 19.4. The number of rotatable bonds is 6. The lowest BCUT2D eigenvalue weighted by Gasteiger charge is -2.22. The number of para-hydroxylation sites is 1. The van der Waals surface area contributed by atoms with E-state index in [1.807, 2.05) is 67.6 Å². The van der Waals surface area contributed by atoms with Crippen LogP contribution in [0.5, 0.6) is 5.75 Å². The van der Waals surface area contributed by atoms with Gasteiger partial charge in [0.25, 0.3) is 5.91 Å². The van der Waals surface area contributed by atoms with Gasteiger partial charge in [-0.2, -0.15) is 5.10 Å². The number of amides is 1. The summed E-state index contributed by atoms with van der Waals surface area (Å²) in [5, 5.41) is 7.62. The number of hydrogen-bond donors (Lipinski definition) is 1. The molecule has 0 radical (unpaired) electrons. The second-order valence-electron chi connectivity index (χ2n) is 6.89. The first-order chi connectivity index (χ1) is 13.0. The molecule has 1 atom stereocenters. The molecule has 140 valence electrons. The van der Waals surface area contributed by atoms with E-state index in [0.29, 0.717) is 5.69 Å². The number of carbonyl (C=O) groups excluding carboxylic acids is 1. The fraction of sp³-hybridized carbons (Fsp3) is 0.273. The van der Waals surface area contributed by atoms with Crippen molar-refractivity contribution in [2.75, 3.05) is 7.11 Å². The van der Waals surface area contributed by atoms with Gasteiger partial charge in [-0.15, -0.1) is 0 Å². The van der Waals surface area contributed by atoms with E-state index in [1.165, 1.54) is 0 Å². The number of benzene rings is 2. The third-order valence-electron chi connectivity index (χ3n) is 4.55. The zero-order valence-corrected chi connectivity index (χ0v) is 16.1. The molecule has 1 heterocycles. The molecule has 1 aromatic heterocycles. The van der Waals surface area contributed by atoms with Crippen LogP contribution in [0.1, 0.15) is 41.6 Å². The summed E-state index contributed by atoms with van der Waals surface area (Å²) in [7, 11) is 1.64. The molecular formula is C22H25N3O2. The lowest BCUT2D eigenvalue weighted by Crippen LogP contribution is -2.32. The number of nitrogens with one attached hydrogen (secondary N) is 1. The maximum Gasteiger partial charge on any atom is 0.272 e. The summed E-state index contributed by atoms with van der Waals surface area (Å²) >= 11 is 0. The molecule has 5 heteroatoms.